The Bertz CT molecular complexity index is 1260. The largest absolute Gasteiger partial charge is 0.353 e. The lowest BCUT2D eigenvalue weighted by molar-refractivity contribution is 0.904. The Labute approximate surface area is 151 Å². The van der Waals surface area contributed by atoms with Crippen LogP contribution in [0.15, 0.2) is 78.9 Å². The topological polar surface area (TPSA) is 19.0 Å². The van der Waals surface area contributed by atoms with E-state index in [1.807, 2.05) is 0 Å². The maximum atomic E-state index is 3.71. The number of benzene rings is 3. The van der Waals surface area contributed by atoms with E-state index in [9.17, 15) is 0 Å². The molecule has 0 saturated carbocycles. The lowest BCUT2D eigenvalue weighted by Gasteiger charge is -2.24. The van der Waals surface area contributed by atoms with Gasteiger partial charge in [0.05, 0.1) is 11.0 Å². The van der Waals surface area contributed by atoms with Crippen LogP contribution >= 0.6 is 0 Å². The summed E-state index contributed by atoms with van der Waals surface area (Å²) in [5.74, 6) is 0.409. The van der Waals surface area contributed by atoms with Gasteiger partial charge in [-0.15, -0.1) is 0 Å². The van der Waals surface area contributed by atoms with E-state index in [2.05, 4.69) is 94.8 Å². The van der Waals surface area contributed by atoms with E-state index < -0.39 is 0 Å². The van der Waals surface area contributed by atoms with Gasteiger partial charge in [-0.1, -0.05) is 60.7 Å². The molecule has 26 heavy (non-hydrogen) atoms. The van der Waals surface area contributed by atoms with Crippen LogP contribution in [0.25, 0.3) is 22.7 Å². The third kappa shape index (κ3) is 1.76. The maximum absolute atomic E-state index is 3.71. The van der Waals surface area contributed by atoms with Crippen LogP contribution in [0.3, 0.4) is 0 Å². The molecule has 0 spiro atoms. The van der Waals surface area contributed by atoms with Gasteiger partial charge in [-0.3, -0.25) is 0 Å². The van der Waals surface area contributed by atoms with Crippen molar-refractivity contribution in [2.75, 3.05) is 4.90 Å². The number of para-hydroxylation sites is 3. The number of aromatic nitrogens is 1. The molecule has 0 fully saturated rings. The number of H-pyrrole nitrogens is 1. The molecule has 1 unspecified atom stereocenters. The highest BCUT2D eigenvalue weighted by Gasteiger charge is 2.36. The van der Waals surface area contributed by atoms with E-state index in [4.69, 9.17) is 0 Å². The lowest BCUT2D eigenvalue weighted by Crippen LogP contribution is -2.34. The molecule has 0 amide bonds. The molecule has 0 saturated heterocycles. The summed E-state index contributed by atoms with van der Waals surface area (Å²) < 4.78 is 0. The minimum absolute atomic E-state index is 0.409. The van der Waals surface area contributed by atoms with Crippen molar-refractivity contribution in [2.24, 2.45) is 0 Å². The fourth-order valence-corrected chi connectivity index (χ4v) is 4.61. The van der Waals surface area contributed by atoms with Gasteiger partial charge in [-0.25, -0.2) is 0 Å². The number of hydrogen-bond acceptors (Lipinski definition) is 1. The summed E-state index contributed by atoms with van der Waals surface area (Å²) in [6, 6.07) is 28.2. The van der Waals surface area contributed by atoms with Gasteiger partial charge in [-0.2, -0.15) is 0 Å². The maximum Gasteiger partial charge on any atom is 0.0670 e. The highest BCUT2D eigenvalue weighted by molar-refractivity contribution is 5.93. The molecular weight excluding hydrogens is 316 g/mol. The number of hydrogen-bond donors (Lipinski definition) is 1. The summed E-state index contributed by atoms with van der Waals surface area (Å²) in [5.41, 5.74) is 6.55. The van der Waals surface area contributed by atoms with Crippen molar-refractivity contribution < 1.29 is 0 Å². The quantitative estimate of drug-likeness (QED) is 0.547. The van der Waals surface area contributed by atoms with E-state index in [1.54, 1.807) is 0 Å². The number of anilines is 2. The smallest absolute Gasteiger partial charge is 0.0670 e. The molecule has 1 aromatic heterocycles. The van der Waals surface area contributed by atoms with Crippen molar-refractivity contribution in [3.63, 3.8) is 0 Å². The number of fused-ring (bicyclic) bond motifs is 6. The van der Waals surface area contributed by atoms with Crippen LogP contribution < -0.4 is 15.5 Å². The monoisotopic (exact) mass is 334 g/mol. The normalized spacial score (nSPS) is 17.6. The first-order valence-electron chi connectivity index (χ1n) is 9.17. The number of nitrogens with one attached hydrogen (secondary N) is 1. The Kier molecular flexibility index (Phi) is 2.75. The average Bonchev–Trinajstić information content (AvgIpc) is 3.24. The van der Waals surface area contributed by atoms with Gasteiger partial charge in [0, 0.05) is 33.4 Å². The van der Waals surface area contributed by atoms with Crippen LogP contribution in [-0.2, 0) is 0 Å². The Morgan fingerprint density at radius 3 is 2.50 bits per heavy atom. The molecular formula is C24H18N2. The van der Waals surface area contributed by atoms with Gasteiger partial charge in [0.15, 0.2) is 0 Å². The third-order valence-corrected chi connectivity index (χ3v) is 5.70. The zero-order chi connectivity index (χ0) is 17.1. The molecule has 1 aliphatic carbocycles. The molecule has 2 heteroatoms. The van der Waals surface area contributed by atoms with E-state index in [0.29, 0.717) is 5.92 Å². The predicted molar refractivity (Wildman–Crippen MR) is 108 cm³/mol. The Hall–Kier alpha value is -3.26. The van der Waals surface area contributed by atoms with Crippen LogP contribution in [0.4, 0.5) is 11.4 Å². The molecule has 0 radical (unpaired) electrons. The van der Waals surface area contributed by atoms with Gasteiger partial charge in [0.25, 0.3) is 0 Å². The van der Waals surface area contributed by atoms with Crippen LogP contribution in [0, 0.1) is 0 Å². The molecule has 3 aromatic carbocycles. The Balaban J connectivity index is 1.76. The Morgan fingerprint density at radius 1 is 0.808 bits per heavy atom. The second-order valence-corrected chi connectivity index (χ2v) is 7.07. The van der Waals surface area contributed by atoms with Crippen LogP contribution in [0.1, 0.15) is 17.9 Å². The second-order valence-electron chi connectivity index (χ2n) is 7.07. The zero-order valence-electron chi connectivity index (χ0n) is 14.3. The summed E-state index contributed by atoms with van der Waals surface area (Å²) >= 11 is 0. The molecule has 2 heterocycles. The van der Waals surface area contributed by atoms with Crippen molar-refractivity contribution in [2.45, 2.75) is 12.3 Å². The number of aromatic amines is 1. The molecule has 1 atom stereocenters. The van der Waals surface area contributed by atoms with Crippen LogP contribution in [0.5, 0.6) is 0 Å². The van der Waals surface area contributed by atoms with Crippen molar-refractivity contribution in [3.05, 3.63) is 95.0 Å². The van der Waals surface area contributed by atoms with E-state index in [1.165, 1.54) is 44.1 Å². The highest BCUT2D eigenvalue weighted by Crippen LogP contribution is 2.50. The van der Waals surface area contributed by atoms with Crippen LogP contribution in [0.2, 0.25) is 0 Å². The van der Waals surface area contributed by atoms with Gasteiger partial charge < -0.3 is 9.88 Å². The van der Waals surface area contributed by atoms with E-state index >= 15 is 0 Å². The molecule has 4 aromatic rings. The summed E-state index contributed by atoms with van der Waals surface area (Å²) in [6.45, 7) is 0. The first-order valence-corrected chi connectivity index (χ1v) is 9.17. The number of rotatable bonds is 1. The average molecular weight is 334 g/mol. The highest BCUT2D eigenvalue weighted by atomic mass is 15.2. The van der Waals surface area contributed by atoms with Crippen molar-refractivity contribution in [1.29, 1.82) is 0 Å². The minimum atomic E-state index is 0.409. The van der Waals surface area contributed by atoms with Crippen molar-refractivity contribution in [1.82, 2.24) is 4.98 Å². The second kappa shape index (κ2) is 5.12. The van der Waals surface area contributed by atoms with Gasteiger partial charge in [-0.05, 0) is 36.2 Å². The molecule has 1 aliphatic heterocycles. The first kappa shape index (κ1) is 14.0. The summed E-state index contributed by atoms with van der Waals surface area (Å²) in [7, 11) is 0. The fraction of sp³-hybridized carbons (Fsp3) is 0.0833. The van der Waals surface area contributed by atoms with Crippen molar-refractivity contribution >= 4 is 34.1 Å². The molecule has 1 N–H and O–H groups in total. The van der Waals surface area contributed by atoms with Crippen LogP contribution in [-0.4, -0.2) is 4.98 Å². The fourth-order valence-electron chi connectivity index (χ4n) is 4.61. The first-order chi connectivity index (χ1) is 12.9. The van der Waals surface area contributed by atoms with Crippen molar-refractivity contribution in [3.8, 4) is 0 Å². The Morgan fingerprint density at radius 2 is 1.58 bits per heavy atom. The van der Waals surface area contributed by atoms with Gasteiger partial charge >= 0.3 is 0 Å². The molecule has 0 bridgehead atoms. The van der Waals surface area contributed by atoms with E-state index in [0.717, 1.165) is 6.42 Å². The minimum Gasteiger partial charge on any atom is -0.353 e. The molecule has 2 aliphatic rings. The van der Waals surface area contributed by atoms with E-state index in [-0.39, 0.29) is 0 Å². The molecule has 124 valence electrons. The predicted octanol–water partition coefficient (Wildman–Crippen LogP) is 4.40. The third-order valence-electron chi connectivity index (χ3n) is 5.70. The zero-order valence-corrected chi connectivity index (χ0v) is 14.3. The summed E-state index contributed by atoms with van der Waals surface area (Å²) in [4.78, 5) is 6.16. The molecule has 6 rings (SSSR count). The number of nitrogens with zero attached hydrogens (tertiary/aromatic N) is 1. The summed E-state index contributed by atoms with van der Waals surface area (Å²) in [6.07, 6.45) is 3.46. The van der Waals surface area contributed by atoms with Gasteiger partial charge in [0.2, 0.25) is 0 Å². The summed E-state index contributed by atoms with van der Waals surface area (Å²) in [5, 5.41) is 3.93. The standard InChI is InChI=1S/C24H18N2/c1-2-8-16(9-3-1)26-22-13-7-5-11-18(22)20-15-14-19-17-10-4-6-12-21(17)25-23(19)24(20)26/h1-14,20,25H,15H2. The SMILES string of the molecule is C1=c2c([nH]c3ccccc23)=C2C(C1)c1ccccc1N2c1ccccc1. The molecule has 2 nitrogen and oxygen atoms in total. The van der Waals surface area contributed by atoms with Gasteiger partial charge in [0.1, 0.15) is 0 Å². The lowest BCUT2D eigenvalue weighted by atomic mass is 9.91.